The Bertz CT molecular complexity index is 1550. The van der Waals surface area contributed by atoms with Gasteiger partial charge in [0, 0.05) is 36.8 Å². The smallest absolute Gasteiger partial charge is 0.310 e. The minimum absolute atomic E-state index is 0.00659. The van der Waals surface area contributed by atoms with E-state index in [0.717, 1.165) is 17.5 Å². The number of benzene rings is 1. The van der Waals surface area contributed by atoms with Crippen LogP contribution in [0.2, 0.25) is 0 Å². The number of rotatable bonds is 7. The maximum atomic E-state index is 14.1. The third-order valence-corrected chi connectivity index (χ3v) is 9.05. The molecule has 9 nitrogen and oxygen atoms in total. The summed E-state index contributed by atoms with van der Waals surface area (Å²) in [6.07, 6.45) is 4.43. The molecule has 0 spiro atoms. The fraction of sp³-hybridized carbons (Fsp3) is 0.559. The normalized spacial score (nSPS) is 19.2. The zero-order chi connectivity index (χ0) is 32.0. The molecular formula is C34H44FN5O4. The van der Waals surface area contributed by atoms with Crippen LogP contribution in [0.5, 0.6) is 0 Å². The molecule has 2 fully saturated rings. The van der Waals surface area contributed by atoms with Crippen LogP contribution in [0.25, 0.3) is 16.9 Å². The van der Waals surface area contributed by atoms with Crippen LogP contribution in [0.3, 0.4) is 0 Å². The summed E-state index contributed by atoms with van der Waals surface area (Å²) in [5.74, 6) is -1.22. The minimum Gasteiger partial charge on any atom is -0.460 e. The lowest BCUT2D eigenvalue weighted by Gasteiger charge is -2.50. The van der Waals surface area contributed by atoms with Gasteiger partial charge in [-0.1, -0.05) is 27.2 Å². The number of aromatic nitrogens is 3. The number of ether oxygens (including phenoxy) is 1. The van der Waals surface area contributed by atoms with Gasteiger partial charge in [0.2, 0.25) is 5.91 Å². The topological polar surface area (TPSA) is 97.1 Å². The first-order valence-electron chi connectivity index (χ1n) is 15.7. The van der Waals surface area contributed by atoms with E-state index >= 15 is 0 Å². The SMILES string of the molecule is CCC(C(=O)OC(C)(C)C)C1(C(=O)N2CCN(C(=O)c3cn4nc(-c5ccc(F)cc5)cc(C(C)C)c4n3)CC2C)CCC1. The zero-order valence-electron chi connectivity index (χ0n) is 26.9. The molecule has 236 valence electrons. The average molecular weight is 606 g/mol. The predicted molar refractivity (Wildman–Crippen MR) is 165 cm³/mol. The second-order valence-electron chi connectivity index (χ2n) is 13.6. The Morgan fingerprint density at radius 1 is 1.11 bits per heavy atom. The lowest BCUT2D eigenvalue weighted by Crippen LogP contribution is -2.62. The molecule has 1 aliphatic carbocycles. The molecular weight excluding hydrogens is 561 g/mol. The molecule has 44 heavy (non-hydrogen) atoms. The van der Waals surface area contributed by atoms with Gasteiger partial charge < -0.3 is 14.5 Å². The standard InChI is InChI=1S/C34H44FN5O4/c1-8-26(31(42)44-33(5,6)7)34(14-9-15-34)32(43)39-17-16-38(19-22(39)4)30(41)28-20-40-29(36-28)25(21(2)3)18-27(37-40)23-10-12-24(35)13-11-23/h10-13,18,20-22,26H,8-9,14-17,19H2,1-7H3. The first-order chi connectivity index (χ1) is 20.7. The Kier molecular flexibility index (Phi) is 8.57. The monoisotopic (exact) mass is 605 g/mol. The Hall–Kier alpha value is -3.82. The minimum atomic E-state index is -0.750. The molecule has 2 amide bonds. The van der Waals surface area contributed by atoms with Crippen LogP contribution in [0.4, 0.5) is 4.39 Å². The van der Waals surface area contributed by atoms with Gasteiger partial charge in [-0.25, -0.2) is 13.9 Å². The first-order valence-corrected chi connectivity index (χ1v) is 15.7. The summed E-state index contributed by atoms with van der Waals surface area (Å²) in [5, 5.41) is 4.69. The van der Waals surface area contributed by atoms with Gasteiger partial charge in [0.15, 0.2) is 5.65 Å². The Morgan fingerprint density at radius 2 is 1.80 bits per heavy atom. The van der Waals surface area contributed by atoms with Gasteiger partial charge in [-0.15, -0.1) is 0 Å². The number of amides is 2. The molecule has 0 N–H and O–H groups in total. The van der Waals surface area contributed by atoms with Crippen LogP contribution in [-0.4, -0.2) is 73.5 Å². The summed E-state index contributed by atoms with van der Waals surface area (Å²) in [7, 11) is 0. The molecule has 2 atom stereocenters. The molecule has 1 saturated carbocycles. The van der Waals surface area contributed by atoms with E-state index in [0.29, 0.717) is 50.2 Å². The van der Waals surface area contributed by atoms with Crippen molar-refractivity contribution in [2.75, 3.05) is 19.6 Å². The van der Waals surface area contributed by atoms with Crippen molar-refractivity contribution < 1.29 is 23.5 Å². The van der Waals surface area contributed by atoms with Crippen molar-refractivity contribution in [1.82, 2.24) is 24.4 Å². The summed E-state index contributed by atoms with van der Waals surface area (Å²) < 4.78 is 20.9. The van der Waals surface area contributed by atoms with E-state index in [9.17, 15) is 18.8 Å². The van der Waals surface area contributed by atoms with Crippen LogP contribution >= 0.6 is 0 Å². The third kappa shape index (κ3) is 5.95. The Morgan fingerprint density at radius 3 is 2.34 bits per heavy atom. The first kappa shape index (κ1) is 31.6. The van der Waals surface area contributed by atoms with Crippen molar-refractivity contribution in [3.8, 4) is 11.3 Å². The van der Waals surface area contributed by atoms with Crippen molar-refractivity contribution >= 4 is 23.4 Å². The van der Waals surface area contributed by atoms with Gasteiger partial charge >= 0.3 is 5.97 Å². The molecule has 2 aromatic heterocycles. The number of piperazine rings is 1. The molecule has 5 rings (SSSR count). The second-order valence-corrected chi connectivity index (χ2v) is 13.6. The number of imidazole rings is 1. The Labute approximate surface area is 258 Å². The maximum Gasteiger partial charge on any atom is 0.310 e. The molecule has 0 bridgehead atoms. The number of fused-ring (bicyclic) bond motifs is 1. The van der Waals surface area contributed by atoms with Gasteiger partial charge in [0.1, 0.15) is 17.1 Å². The molecule has 3 aromatic rings. The predicted octanol–water partition coefficient (Wildman–Crippen LogP) is 5.87. The number of nitrogens with zero attached hydrogens (tertiary/aromatic N) is 5. The summed E-state index contributed by atoms with van der Waals surface area (Å²) >= 11 is 0. The highest BCUT2D eigenvalue weighted by Crippen LogP contribution is 2.51. The molecule has 2 unspecified atom stereocenters. The van der Waals surface area contributed by atoms with Crippen LogP contribution in [0.15, 0.2) is 36.5 Å². The largest absolute Gasteiger partial charge is 0.460 e. The summed E-state index contributed by atoms with van der Waals surface area (Å²) in [4.78, 5) is 49.3. The van der Waals surface area contributed by atoms with Crippen molar-refractivity contribution in [2.24, 2.45) is 11.3 Å². The average Bonchev–Trinajstić information content (AvgIpc) is 3.37. The van der Waals surface area contributed by atoms with Crippen LogP contribution in [-0.2, 0) is 14.3 Å². The maximum absolute atomic E-state index is 14.1. The van der Waals surface area contributed by atoms with Crippen molar-refractivity contribution in [3.05, 3.63) is 53.6 Å². The number of carbonyl (C=O) groups is 3. The molecule has 0 radical (unpaired) electrons. The zero-order valence-corrected chi connectivity index (χ0v) is 26.9. The van der Waals surface area contributed by atoms with E-state index in [1.807, 2.05) is 45.6 Å². The van der Waals surface area contributed by atoms with E-state index in [1.54, 1.807) is 27.7 Å². The van der Waals surface area contributed by atoms with Crippen LogP contribution in [0.1, 0.15) is 96.1 Å². The van der Waals surface area contributed by atoms with E-state index in [-0.39, 0.29) is 41.3 Å². The lowest BCUT2D eigenvalue weighted by atomic mass is 9.59. The van der Waals surface area contributed by atoms with Crippen LogP contribution in [0, 0.1) is 17.2 Å². The van der Waals surface area contributed by atoms with E-state index in [2.05, 4.69) is 13.8 Å². The highest BCUT2D eigenvalue weighted by molar-refractivity contribution is 5.94. The van der Waals surface area contributed by atoms with Crippen molar-refractivity contribution in [1.29, 1.82) is 0 Å². The lowest BCUT2D eigenvalue weighted by molar-refractivity contribution is -0.178. The van der Waals surface area contributed by atoms with Gasteiger partial charge in [-0.2, -0.15) is 5.10 Å². The van der Waals surface area contributed by atoms with Gasteiger partial charge in [-0.05, 0) is 83.2 Å². The summed E-state index contributed by atoms with van der Waals surface area (Å²) in [5.41, 5.74) is 1.89. The van der Waals surface area contributed by atoms with Gasteiger partial charge in [0.05, 0.1) is 23.2 Å². The fourth-order valence-corrected chi connectivity index (χ4v) is 6.61. The van der Waals surface area contributed by atoms with E-state index < -0.39 is 16.9 Å². The number of hydrogen-bond donors (Lipinski definition) is 0. The fourth-order valence-electron chi connectivity index (χ4n) is 6.61. The summed E-state index contributed by atoms with van der Waals surface area (Å²) in [6.45, 7) is 14.7. The van der Waals surface area contributed by atoms with Gasteiger partial charge in [0.25, 0.3) is 5.91 Å². The number of hydrogen-bond acceptors (Lipinski definition) is 6. The second kappa shape index (κ2) is 11.9. The highest BCUT2D eigenvalue weighted by Gasteiger charge is 2.55. The Balaban J connectivity index is 1.34. The molecule has 10 heteroatoms. The van der Waals surface area contributed by atoms with E-state index in [4.69, 9.17) is 14.8 Å². The molecule has 1 saturated heterocycles. The molecule has 1 aliphatic heterocycles. The quantitative estimate of drug-likeness (QED) is 0.313. The van der Waals surface area contributed by atoms with Crippen molar-refractivity contribution in [2.45, 2.75) is 91.7 Å². The molecule has 1 aromatic carbocycles. The third-order valence-electron chi connectivity index (χ3n) is 9.05. The number of carbonyl (C=O) groups excluding carboxylic acids is 3. The van der Waals surface area contributed by atoms with E-state index in [1.165, 1.54) is 12.1 Å². The van der Waals surface area contributed by atoms with Crippen LogP contribution < -0.4 is 0 Å². The highest BCUT2D eigenvalue weighted by atomic mass is 19.1. The molecule has 3 heterocycles. The summed E-state index contributed by atoms with van der Waals surface area (Å²) in [6, 6.07) is 7.89. The molecule has 2 aliphatic rings. The number of halogens is 1. The van der Waals surface area contributed by atoms with Gasteiger partial charge in [-0.3, -0.25) is 14.4 Å². The number of esters is 1. The van der Waals surface area contributed by atoms with Crippen molar-refractivity contribution in [3.63, 3.8) is 0 Å².